The summed E-state index contributed by atoms with van der Waals surface area (Å²) in [6, 6.07) is 12.0. The molecule has 0 fully saturated rings. The van der Waals surface area contributed by atoms with E-state index in [4.69, 9.17) is 15.2 Å². The molecule has 0 heterocycles. The second-order valence-corrected chi connectivity index (χ2v) is 5.04. The van der Waals surface area contributed by atoms with Crippen LogP contribution < -0.4 is 15.8 Å². The second-order valence-electron chi connectivity index (χ2n) is 5.04. The molecule has 6 heteroatoms. The lowest BCUT2D eigenvalue weighted by Gasteiger charge is -2.15. The van der Waals surface area contributed by atoms with Gasteiger partial charge in [-0.25, -0.2) is 0 Å². The van der Waals surface area contributed by atoms with Gasteiger partial charge in [0.1, 0.15) is 5.75 Å². The first-order valence-corrected chi connectivity index (χ1v) is 7.23. The Kier molecular flexibility index (Phi) is 7.81. The molecule has 126 valence electrons. The fourth-order valence-corrected chi connectivity index (χ4v) is 2.42. The topological polar surface area (TPSA) is 73.6 Å². The number of benzene rings is 2. The number of rotatable bonds is 7. The molecule has 0 aromatic heterocycles. The molecule has 0 spiro atoms. The highest BCUT2D eigenvalue weighted by Crippen LogP contribution is 2.27. The van der Waals surface area contributed by atoms with E-state index < -0.39 is 0 Å². The lowest BCUT2D eigenvalue weighted by Crippen LogP contribution is -2.32. The number of amides is 1. The number of nitrogens with one attached hydrogen (secondary N) is 1. The van der Waals surface area contributed by atoms with Gasteiger partial charge in [0, 0.05) is 25.8 Å². The quantitative estimate of drug-likeness (QED) is 0.812. The van der Waals surface area contributed by atoms with Gasteiger partial charge in [0.25, 0.3) is 0 Å². The number of carbonyl (C=O) groups excluding carboxylic acids is 1. The summed E-state index contributed by atoms with van der Waals surface area (Å²) >= 11 is 0. The third kappa shape index (κ3) is 4.82. The monoisotopic (exact) mass is 338 g/mol. The molecule has 23 heavy (non-hydrogen) atoms. The summed E-state index contributed by atoms with van der Waals surface area (Å²) < 4.78 is 10.5. The average molecular weight is 339 g/mol. The Morgan fingerprint density at radius 3 is 2.61 bits per heavy atom. The summed E-state index contributed by atoms with van der Waals surface area (Å²) in [7, 11) is 3.18. The highest BCUT2D eigenvalue weighted by molar-refractivity contribution is 5.88. The van der Waals surface area contributed by atoms with E-state index in [1.165, 1.54) is 0 Å². The molecule has 0 radical (unpaired) electrons. The molecule has 0 aliphatic rings. The smallest absolute Gasteiger partial charge is 0.222 e. The van der Waals surface area contributed by atoms with Crippen molar-refractivity contribution in [1.82, 2.24) is 5.32 Å². The third-order valence-electron chi connectivity index (χ3n) is 3.69. The zero-order valence-electron chi connectivity index (χ0n) is 13.4. The maximum Gasteiger partial charge on any atom is 0.222 e. The van der Waals surface area contributed by atoms with Crippen LogP contribution in [0, 0.1) is 0 Å². The predicted molar refractivity (Wildman–Crippen MR) is 94.1 cm³/mol. The molecule has 0 aliphatic heterocycles. The SMILES string of the molecule is COc1ccc2ccccc2c1CNC(=O)CC(CN)OC.Cl. The van der Waals surface area contributed by atoms with Crippen LogP contribution in [0.1, 0.15) is 12.0 Å². The molecule has 2 aromatic carbocycles. The Labute approximate surface area is 142 Å². The van der Waals surface area contributed by atoms with E-state index in [-0.39, 0.29) is 30.8 Å². The molecule has 5 nitrogen and oxygen atoms in total. The molecule has 0 aliphatic carbocycles. The number of hydrogen-bond acceptors (Lipinski definition) is 4. The fraction of sp³-hybridized carbons (Fsp3) is 0.353. The van der Waals surface area contributed by atoms with Crippen molar-refractivity contribution in [3.63, 3.8) is 0 Å². The molecule has 3 N–H and O–H groups in total. The van der Waals surface area contributed by atoms with Crippen LogP contribution in [0.5, 0.6) is 5.75 Å². The summed E-state index contributed by atoms with van der Waals surface area (Å²) in [5.41, 5.74) is 6.50. The molecule has 1 atom stereocenters. The molecule has 1 amide bonds. The van der Waals surface area contributed by atoms with Crippen molar-refractivity contribution in [2.45, 2.75) is 19.1 Å². The minimum absolute atomic E-state index is 0. The number of halogens is 1. The minimum atomic E-state index is -0.255. The first kappa shape index (κ1) is 19.2. The molecular formula is C17H23ClN2O3. The number of nitrogens with two attached hydrogens (primary N) is 1. The van der Waals surface area contributed by atoms with Crippen molar-refractivity contribution in [2.75, 3.05) is 20.8 Å². The van der Waals surface area contributed by atoms with Crippen molar-refractivity contribution >= 4 is 29.1 Å². The van der Waals surface area contributed by atoms with Gasteiger partial charge >= 0.3 is 0 Å². The van der Waals surface area contributed by atoms with E-state index in [1.54, 1.807) is 14.2 Å². The van der Waals surface area contributed by atoms with Gasteiger partial charge < -0.3 is 20.5 Å². The van der Waals surface area contributed by atoms with Crippen LogP contribution in [-0.4, -0.2) is 32.8 Å². The van der Waals surface area contributed by atoms with E-state index in [9.17, 15) is 4.79 Å². The molecule has 2 rings (SSSR count). The lowest BCUT2D eigenvalue weighted by molar-refractivity contribution is -0.123. The standard InChI is InChI=1S/C17H22N2O3.ClH/c1-21-13(10-18)9-17(20)19-11-15-14-6-4-3-5-12(14)7-8-16(15)22-2;/h3-8,13H,9-11,18H2,1-2H3,(H,19,20);1H. The van der Waals surface area contributed by atoms with E-state index in [2.05, 4.69) is 5.32 Å². The maximum atomic E-state index is 12.0. The molecule has 0 saturated heterocycles. The Morgan fingerprint density at radius 2 is 1.96 bits per heavy atom. The van der Waals surface area contributed by atoms with Crippen molar-refractivity contribution in [3.8, 4) is 5.75 Å². The van der Waals surface area contributed by atoms with Gasteiger partial charge in [-0.05, 0) is 16.8 Å². The zero-order chi connectivity index (χ0) is 15.9. The zero-order valence-corrected chi connectivity index (χ0v) is 14.2. The first-order valence-electron chi connectivity index (χ1n) is 7.23. The normalized spacial score (nSPS) is 11.6. The van der Waals surface area contributed by atoms with E-state index in [0.717, 1.165) is 22.1 Å². The van der Waals surface area contributed by atoms with E-state index in [0.29, 0.717) is 13.1 Å². The Morgan fingerprint density at radius 1 is 1.22 bits per heavy atom. The summed E-state index contributed by atoms with van der Waals surface area (Å²) in [6.45, 7) is 0.728. The summed E-state index contributed by atoms with van der Waals surface area (Å²) in [6.07, 6.45) is -0.00509. The first-order chi connectivity index (χ1) is 10.7. The second kappa shape index (κ2) is 9.35. The van der Waals surface area contributed by atoms with Gasteiger partial charge in [-0.2, -0.15) is 0 Å². The largest absolute Gasteiger partial charge is 0.496 e. The Hall–Kier alpha value is -1.82. The van der Waals surface area contributed by atoms with Gasteiger partial charge in [0.15, 0.2) is 0 Å². The molecular weight excluding hydrogens is 316 g/mol. The highest BCUT2D eigenvalue weighted by Gasteiger charge is 2.13. The molecule has 0 bridgehead atoms. The van der Waals surface area contributed by atoms with Crippen LogP contribution in [0.15, 0.2) is 36.4 Å². The van der Waals surface area contributed by atoms with Gasteiger partial charge in [-0.1, -0.05) is 30.3 Å². The third-order valence-corrected chi connectivity index (χ3v) is 3.69. The lowest BCUT2D eigenvalue weighted by atomic mass is 10.0. The van der Waals surface area contributed by atoms with Crippen LogP contribution >= 0.6 is 12.4 Å². The van der Waals surface area contributed by atoms with Gasteiger partial charge in [0.2, 0.25) is 5.91 Å². The van der Waals surface area contributed by atoms with Gasteiger partial charge in [-0.15, -0.1) is 12.4 Å². The Balaban J connectivity index is 0.00000264. The van der Waals surface area contributed by atoms with Crippen molar-refractivity contribution < 1.29 is 14.3 Å². The number of methoxy groups -OCH3 is 2. The average Bonchev–Trinajstić information content (AvgIpc) is 2.57. The number of fused-ring (bicyclic) bond motifs is 1. The van der Waals surface area contributed by atoms with Crippen LogP contribution in [0.2, 0.25) is 0 Å². The number of carbonyl (C=O) groups is 1. The molecule has 1 unspecified atom stereocenters. The highest BCUT2D eigenvalue weighted by atomic mass is 35.5. The van der Waals surface area contributed by atoms with Crippen LogP contribution in [0.3, 0.4) is 0 Å². The molecule has 0 saturated carbocycles. The van der Waals surface area contributed by atoms with Crippen LogP contribution in [-0.2, 0) is 16.1 Å². The van der Waals surface area contributed by atoms with Crippen molar-refractivity contribution in [2.24, 2.45) is 5.73 Å². The van der Waals surface area contributed by atoms with Crippen LogP contribution in [0.25, 0.3) is 10.8 Å². The minimum Gasteiger partial charge on any atom is -0.496 e. The van der Waals surface area contributed by atoms with Crippen LogP contribution in [0.4, 0.5) is 0 Å². The van der Waals surface area contributed by atoms with Gasteiger partial charge in [0.05, 0.1) is 19.6 Å². The predicted octanol–water partition coefficient (Wildman–Crippen LogP) is 2.25. The summed E-state index contributed by atoms with van der Waals surface area (Å²) in [5.74, 6) is 0.674. The number of ether oxygens (including phenoxy) is 2. The van der Waals surface area contributed by atoms with Crippen molar-refractivity contribution in [1.29, 1.82) is 0 Å². The van der Waals surface area contributed by atoms with E-state index in [1.807, 2.05) is 36.4 Å². The maximum absolute atomic E-state index is 12.0. The summed E-state index contributed by atoms with van der Waals surface area (Å²) in [5, 5.41) is 5.10. The summed E-state index contributed by atoms with van der Waals surface area (Å²) in [4.78, 5) is 12.0. The molecule has 2 aromatic rings. The van der Waals surface area contributed by atoms with Gasteiger partial charge in [-0.3, -0.25) is 4.79 Å². The number of hydrogen-bond donors (Lipinski definition) is 2. The fourth-order valence-electron chi connectivity index (χ4n) is 2.42. The van der Waals surface area contributed by atoms with Crippen molar-refractivity contribution in [3.05, 3.63) is 42.0 Å². The Bertz CT molecular complexity index is 645. The van der Waals surface area contributed by atoms with E-state index >= 15 is 0 Å².